The number of nitrogens with two attached hydrogens (primary N) is 1. The van der Waals surface area contributed by atoms with Gasteiger partial charge in [-0.2, -0.15) is 0 Å². The number of nitrogens with zero attached hydrogens (tertiary/aromatic N) is 2. The van der Waals surface area contributed by atoms with E-state index in [4.69, 9.17) is 17.3 Å². The number of halogens is 1. The molecule has 2 unspecified atom stereocenters. The van der Waals surface area contributed by atoms with Crippen molar-refractivity contribution in [3.8, 4) is 0 Å². The van der Waals surface area contributed by atoms with Gasteiger partial charge in [-0.25, -0.2) is 4.98 Å². The van der Waals surface area contributed by atoms with Crippen molar-refractivity contribution in [2.45, 2.75) is 32.4 Å². The molecule has 2 heterocycles. The van der Waals surface area contributed by atoms with Crippen LogP contribution >= 0.6 is 11.6 Å². The second kappa shape index (κ2) is 5.80. The molecule has 0 saturated carbocycles. The molecule has 1 aliphatic rings. The third-order valence-electron chi connectivity index (χ3n) is 3.51. The van der Waals surface area contributed by atoms with Gasteiger partial charge in [-0.3, -0.25) is 4.90 Å². The molecule has 3 nitrogen and oxygen atoms in total. The molecule has 94 valence electrons. The van der Waals surface area contributed by atoms with Crippen LogP contribution in [-0.4, -0.2) is 29.0 Å². The van der Waals surface area contributed by atoms with E-state index in [1.807, 2.05) is 18.2 Å². The maximum absolute atomic E-state index is 5.90. The van der Waals surface area contributed by atoms with E-state index >= 15 is 0 Å². The first kappa shape index (κ1) is 12.8. The highest BCUT2D eigenvalue weighted by molar-refractivity contribution is 6.29. The van der Waals surface area contributed by atoms with Gasteiger partial charge in [0.15, 0.2) is 0 Å². The minimum atomic E-state index is 0.486. The summed E-state index contributed by atoms with van der Waals surface area (Å²) in [5.74, 6) is 0.784. The number of hydrogen-bond donors (Lipinski definition) is 1. The monoisotopic (exact) mass is 253 g/mol. The van der Waals surface area contributed by atoms with Crippen LogP contribution in [0.2, 0.25) is 5.15 Å². The molecule has 2 rings (SSSR count). The zero-order chi connectivity index (χ0) is 12.3. The van der Waals surface area contributed by atoms with Gasteiger partial charge >= 0.3 is 0 Å². The third-order valence-corrected chi connectivity index (χ3v) is 3.72. The maximum atomic E-state index is 5.90. The Kier molecular flexibility index (Phi) is 4.37. The first-order valence-corrected chi connectivity index (χ1v) is 6.62. The number of aromatic nitrogens is 1. The van der Waals surface area contributed by atoms with E-state index in [0.29, 0.717) is 11.2 Å². The molecule has 0 amide bonds. The van der Waals surface area contributed by atoms with E-state index in [1.165, 1.54) is 12.8 Å². The zero-order valence-electron chi connectivity index (χ0n) is 10.3. The van der Waals surface area contributed by atoms with Crippen LogP contribution in [0.25, 0.3) is 0 Å². The van der Waals surface area contributed by atoms with Crippen LogP contribution in [0, 0.1) is 5.92 Å². The Morgan fingerprint density at radius 2 is 2.35 bits per heavy atom. The molecule has 1 aliphatic heterocycles. The number of rotatable bonds is 3. The standard InChI is InChI=1S/C13H20ClN3/c1-10-5-6-17(12(7-10)8-15)9-11-3-2-4-13(14)16-11/h2-4,10,12H,5-9,15H2,1H3. The Balaban J connectivity index is 2.02. The molecule has 0 spiro atoms. The molecule has 1 saturated heterocycles. The lowest BCUT2D eigenvalue weighted by Crippen LogP contribution is -2.45. The van der Waals surface area contributed by atoms with Crippen LogP contribution in [0.5, 0.6) is 0 Å². The Morgan fingerprint density at radius 3 is 3.06 bits per heavy atom. The van der Waals surface area contributed by atoms with Crippen molar-refractivity contribution < 1.29 is 0 Å². The van der Waals surface area contributed by atoms with Gasteiger partial charge in [0, 0.05) is 19.1 Å². The van der Waals surface area contributed by atoms with Crippen LogP contribution in [0.15, 0.2) is 18.2 Å². The van der Waals surface area contributed by atoms with E-state index in [9.17, 15) is 0 Å². The predicted molar refractivity (Wildman–Crippen MR) is 70.9 cm³/mol. The van der Waals surface area contributed by atoms with E-state index in [1.54, 1.807) is 0 Å². The highest BCUT2D eigenvalue weighted by Crippen LogP contribution is 2.23. The molecular formula is C13H20ClN3. The van der Waals surface area contributed by atoms with E-state index in [-0.39, 0.29) is 0 Å². The van der Waals surface area contributed by atoms with Crippen molar-refractivity contribution in [3.05, 3.63) is 29.0 Å². The quantitative estimate of drug-likeness (QED) is 0.841. The fraction of sp³-hybridized carbons (Fsp3) is 0.615. The van der Waals surface area contributed by atoms with Crippen molar-refractivity contribution in [3.63, 3.8) is 0 Å². The normalized spacial score (nSPS) is 26.1. The summed E-state index contributed by atoms with van der Waals surface area (Å²) in [5, 5.41) is 0.567. The van der Waals surface area contributed by atoms with Crippen molar-refractivity contribution in [1.29, 1.82) is 0 Å². The summed E-state index contributed by atoms with van der Waals surface area (Å²) >= 11 is 5.90. The molecular weight excluding hydrogens is 234 g/mol. The van der Waals surface area contributed by atoms with Crippen molar-refractivity contribution in [2.24, 2.45) is 11.7 Å². The highest BCUT2D eigenvalue weighted by Gasteiger charge is 2.25. The fourth-order valence-electron chi connectivity index (χ4n) is 2.50. The number of hydrogen-bond acceptors (Lipinski definition) is 3. The second-order valence-electron chi connectivity index (χ2n) is 4.94. The van der Waals surface area contributed by atoms with E-state index in [2.05, 4.69) is 16.8 Å². The lowest BCUT2D eigenvalue weighted by Gasteiger charge is -2.37. The van der Waals surface area contributed by atoms with Crippen molar-refractivity contribution >= 4 is 11.6 Å². The molecule has 0 aromatic carbocycles. The van der Waals surface area contributed by atoms with Gasteiger partial charge in [0.05, 0.1) is 5.69 Å². The van der Waals surface area contributed by atoms with Gasteiger partial charge in [-0.05, 0) is 37.4 Å². The molecule has 1 fully saturated rings. The zero-order valence-corrected chi connectivity index (χ0v) is 11.0. The highest BCUT2D eigenvalue weighted by atomic mass is 35.5. The minimum Gasteiger partial charge on any atom is -0.329 e. The Labute approximate surface area is 108 Å². The van der Waals surface area contributed by atoms with Gasteiger partial charge in [0.1, 0.15) is 5.15 Å². The topological polar surface area (TPSA) is 42.2 Å². The molecule has 2 atom stereocenters. The summed E-state index contributed by atoms with van der Waals surface area (Å²) in [6.45, 7) is 4.99. The van der Waals surface area contributed by atoms with Gasteiger partial charge in [-0.1, -0.05) is 24.6 Å². The molecule has 0 radical (unpaired) electrons. The van der Waals surface area contributed by atoms with Crippen LogP contribution in [0.4, 0.5) is 0 Å². The summed E-state index contributed by atoms with van der Waals surface area (Å²) in [7, 11) is 0. The molecule has 0 bridgehead atoms. The fourth-order valence-corrected chi connectivity index (χ4v) is 2.68. The Hall–Kier alpha value is -0.640. The first-order chi connectivity index (χ1) is 8.19. The maximum Gasteiger partial charge on any atom is 0.129 e. The molecule has 4 heteroatoms. The Bertz CT molecular complexity index is 369. The largest absolute Gasteiger partial charge is 0.329 e. The summed E-state index contributed by atoms with van der Waals surface area (Å²) in [6.07, 6.45) is 2.44. The molecule has 1 aromatic rings. The van der Waals surface area contributed by atoms with Crippen LogP contribution in [-0.2, 0) is 6.54 Å². The van der Waals surface area contributed by atoms with Crippen molar-refractivity contribution in [2.75, 3.05) is 13.1 Å². The third kappa shape index (κ3) is 3.41. The molecule has 17 heavy (non-hydrogen) atoms. The number of piperidine rings is 1. The molecule has 1 aromatic heterocycles. The van der Waals surface area contributed by atoms with E-state index < -0.39 is 0 Å². The first-order valence-electron chi connectivity index (χ1n) is 6.24. The van der Waals surface area contributed by atoms with Crippen LogP contribution < -0.4 is 5.73 Å². The number of pyridine rings is 1. The Morgan fingerprint density at radius 1 is 1.53 bits per heavy atom. The summed E-state index contributed by atoms with van der Waals surface area (Å²) in [5.41, 5.74) is 6.88. The average molecular weight is 254 g/mol. The summed E-state index contributed by atoms with van der Waals surface area (Å²) < 4.78 is 0. The summed E-state index contributed by atoms with van der Waals surface area (Å²) in [4.78, 5) is 6.77. The lowest BCUT2D eigenvalue weighted by molar-refractivity contribution is 0.114. The number of likely N-dealkylation sites (tertiary alicyclic amines) is 1. The predicted octanol–water partition coefficient (Wildman–Crippen LogP) is 2.29. The smallest absolute Gasteiger partial charge is 0.129 e. The van der Waals surface area contributed by atoms with Gasteiger partial charge < -0.3 is 5.73 Å². The molecule has 0 aliphatic carbocycles. The average Bonchev–Trinajstić information content (AvgIpc) is 2.31. The molecule has 2 N–H and O–H groups in total. The van der Waals surface area contributed by atoms with Crippen LogP contribution in [0.3, 0.4) is 0 Å². The van der Waals surface area contributed by atoms with Gasteiger partial charge in [-0.15, -0.1) is 0 Å². The second-order valence-corrected chi connectivity index (χ2v) is 5.33. The van der Waals surface area contributed by atoms with Gasteiger partial charge in [0.2, 0.25) is 0 Å². The minimum absolute atomic E-state index is 0.486. The SMILES string of the molecule is CC1CCN(Cc2cccc(Cl)n2)C(CN)C1. The van der Waals surface area contributed by atoms with E-state index in [0.717, 1.165) is 31.2 Å². The lowest BCUT2D eigenvalue weighted by atomic mass is 9.92. The van der Waals surface area contributed by atoms with Gasteiger partial charge in [0.25, 0.3) is 0 Å². The van der Waals surface area contributed by atoms with Crippen LogP contribution in [0.1, 0.15) is 25.5 Å². The summed E-state index contributed by atoms with van der Waals surface area (Å²) in [6, 6.07) is 6.27. The van der Waals surface area contributed by atoms with Crippen molar-refractivity contribution in [1.82, 2.24) is 9.88 Å².